The minimum absolute atomic E-state index is 0.0941. The molecule has 0 saturated carbocycles. The second kappa shape index (κ2) is 4.73. The molecule has 0 aliphatic carbocycles. The molecule has 0 aliphatic heterocycles. The molecule has 1 aromatic rings. The molecule has 0 spiro atoms. The van der Waals surface area contributed by atoms with E-state index in [1.807, 2.05) is 0 Å². The van der Waals surface area contributed by atoms with E-state index in [4.69, 9.17) is 5.73 Å². The number of rotatable bonds is 3. The van der Waals surface area contributed by atoms with Gasteiger partial charge in [0, 0.05) is 6.20 Å². The molecule has 5 nitrogen and oxygen atoms in total. The van der Waals surface area contributed by atoms with Gasteiger partial charge in [0.15, 0.2) is 5.69 Å². The van der Waals surface area contributed by atoms with Crippen molar-refractivity contribution in [1.82, 2.24) is 4.98 Å². The number of nitrogen functional groups attached to an aromatic ring is 1. The van der Waals surface area contributed by atoms with Crippen LogP contribution in [0.15, 0.2) is 11.0 Å². The third-order valence-corrected chi connectivity index (χ3v) is 1.86. The molecule has 0 fully saturated rings. The van der Waals surface area contributed by atoms with Crippen molar-refractivity contribution in [2.45, 2.75) is 13.3 Å². The monoisotopic (exact) mass is 232 g/mol. The van der Waals surface area contributed by atoms with Crippen molar-refractivity contribution in [3.05, 3.63) is 27.7 Å². The van der Waals surface area contributed by atoms with Crippen LogP contribution in [-0.4, -0.2) is 17.6 Å². The fourth-order valence-electron chi connectivity index (χ4n) is 1.10. The van der Waals surface area contributed by atoms with Crippen LogP contribution in [0.2, 0.25) is 0 Å². The Morgan fingerprint density at radius 3 is 2.75 bits per heavy atom. The number of anilines is 1. The summed E-state index contributed by atoms with van der Waals surface area (Å²) < 4.78 is 29.2. The Balaban J connectivity index is 3.22. The standard InChI is InChI=1S/C9H10F2N2O3/c1-2-16-9(15)6-5(12)7(14)4(3-13-6)8(10)11/h3,8H,2,12H2,1H3,(H,13,14). The second-order valence-electron chi connectivity index (χ2n) is 2.88. The second-order valence-corrected chi connectivity index (χ2v) is 2.88. The number of aromatic nitrogens is 1. The van der Waals surface area contributed by atoms with Crippen molar-refractivity contribution in [3.8, 4) is 0 Å². The molecule has 1 rings (SSSR count). The Bertz CT molecular complexity index is 457. The minimum atomic E-state index is -2.94. The quantitative estimate of drug-likeness (QED) is 0.763. The van der Waals surface area contributed by atoms with Gasteiger partial charge in [-0.2, -0.15) is 0 Å². The Hall–Kier alpha value is -1.92. The molecule has 0 aliphatic rings. The van der Waals surface area contributed by atoms with Crippen LogP contribution in [0.3, 0.4) is 0 Å². The van der Waals surface area contributed by atoms with Crippen molar-refractivity contribution in [1.29, 1.82) is 0 Å². The first-order valence-corrected chi connectivity index (χ1v) is 4.45. The van der Waals surface area contributed by atoms with Crippen molar-refractivity contribution in [3.63, 3.8) is 0 Å². The van der Waals surface area contributed by atoms with Crippen LogP contribution in [0.4, 0.5) is 14.5 Å². The summed E-state index contributed by atoms with van der Waals surface area (Å²) in [4.78, 5) is 24.8. The molecule has 1 aromatic heterocycles. The van der Waals surface area contributed by atoms with Gasteiger partial charge in [-0.1, -0.05) is 0 Å². The maximum absolute atomic E-state index is 12.3. The Kier molecular flexibility index (Phi) is 3.60. The van der Waals surface area contributed by atoms with Gasteiger partial charge >= 0.3 is 5.97 Å². The molecular formula is C9H10F2N2O3. The Morgan fingerprint density at radius 2 is 2.25 bits per heavy atom. The van der Waals surface area contributed by atoms with Crippen molar-refractivity contribution < 1.29 is 18.3 Å². The zero-order valence-corrected chi connectivity index (χ0v) is 8.42. The van der Waals surface area contributed by atoms with E-state index in [9.17, 15) is 18.4 Å². The normalized spacial score (nSPS) is 10.5. The smallest absolute Gasteiger partial charge is 0.357 e. The number of nitrogens with two attached hydrogens (primary N) is 1. The van der Waals surface area contributed by atoms with Crippen LogP contribution in [0, 0.1) is 0 Å². The van der Waals surface area contributed by atoms with Crippen LogP contribution in [0.25, 0.3) is 0 Å². The van der Waals surface area contributed by atoms with Crippen LogP contribution >= 0.6 is 0 Å². The fraction of sp³-hybridized carbons (Fsp3) is 0.333. The number of carbonyl (C=O) groups excluding carboxylic acids is 1. The molecule has 7 heteroatoms. The van der Waals surface area contributed by atoms with Crippen LogP contribution in [-0.2, 0) is 4.74 Å². The molecule has 0 saturated heterocycles. The van der Waals surface area contributed by atoms with E-state index in [1.165, 1.54) is 0 Å². The first-order valence-electron chi connectivity index (χ1n) is 4.45. The van der Waals surface area contributed by atoms with Gasteiger partial charge in [0.2, 0.25) is 5.43 Å². The van der Waals surface area contributed by atoms with E-state index in [-0.39, 0.29) is 12.3 Å². The SMILES string of the molecule is CCOC(=O)c1[nH]cc(C(F)F)c(=O)c1N. The number of ether oxygens (including phenoxy) is 1. The molecule has 0 unspecified atom stereocenters. The highest BCUT2D eigenvalue weighted by Gasteiger charge is 2.20. The summed E-state index contributed by atoms with van der Waals surface area (Å²) in [7, 11) is 0. The molecule has 0 amide bonds. The van der Waals surface area contributed by atoms with Gasteiger partial charge in [0.05, 0.1) is 12.2 Å². The molecule has 0 bridgehead atoms. The van der Waals surface area contributed by atoms with Gasteiger partial charge < -0.3 is 15.5 Å². The lowest BCUT2D eigenvalue weighted by Gasteiger charge is -2.06. The van der Waals surface area contributed by atoms with E-state index in [1.54, 1.807) is 6.92 Å². The van der Waals surface area contributed by atoms with E-state index in [0.29, 0.717) is 0 Å². The highest BCUT2D eigenvalue weighted by molar-refractivity contribution is 5.92. The summed E-state index contributed by atoms with van der Waals surface area (Å²) in [5.41, 5.74) is 2.58. The van der Waals surface area contributed by atoms with Crippen LogP contribution < -0.4 is 11.2 Å². The zero-order chi connectivity index (χ0) is 12.3. The summed E-state index contributed by atoms with van der Waals surface area (Å²) in [6.45, 7) is 1.66. The predicted molar refractivity (Wildman–Crippen MR) is 52.4 cm³/mol. The number of hydrogen-bond donors (Lipinski definition) is 2. The number of aromatic amines is 1. The number of pyridine rings is 1. The summed E-state index contributed by atoms with van der Waals surface area (Å²) in [5.74, 6) is -0.849. The number of halogens is 2. The molecule has 0 atom stereocenters. The lowest BCUT2D eigenvalue weighted by atomic mass is 10.2. The summed E-state index contributed by atoms with van der Waals surface area (Å²) >= 11 is 0. The number of nitrogens with one attached hydrogen (secondary N) is 1. The highest BCUT2D eigenvalue weighted by atomic mass is 19.3. The van der Waals surface area contributed by atoms with Crippen LogP contribution in [0.5, 0.6) is 0 Å². The molecule has 1 heterocycles. The number of alkyl halides is 2. The van der Waals surface area contributed by atoms with Gasteiger partial charge in [-0.05, 0) is 6.92 Å². The number of hydrogen-bond acceptors (Lipinski definition) is 4. The zero-order valence-electron chi connectivity index (χ0n) is 8.42. The topological polar surface area (TPSA) is 85.2 Å². The maximum atomic E-state index is 12.3. The molecule has 0 radical (unpaired) electrons. The predicted octanol–water partition coefficient (Wildman–Crippen LogP) is 1.07. The van der Waals surface area contributed by atoms with Gasteiger partial charge in [-0.25, -0.2) is 13.6 Å². The lowest BCUT2D eigenvalue weighted by molar-refractivity contribution is 0.0520. The number of carbonyl (C=O) groups is 1. The largest absolute Gasteiger partial charge is 0.461 e. The highest BCUT2D eigenvalue weighted by Crippen LogP contribution is 2.16. The van der Waals surface area contributed by atoms with E-state index >= 15 is 0 Å². The lowest BCUT2D eigenvalue weighted by Crippen LogP contribution is -2.21. The van der Waals surface area contributed by atoms with Gasteiger partial charge in [-0.15, -0.1) is 0 Å². The molecule has 3 N–H and O–H groups in total. The first kappa shape index (κ1) is 12.2. The maximum Gasteiger partial charge on any atom is 0.357 e. The van der Waals surface area contributed by atoms with E-state index in [2.05, 4.69) is 9.72 Å². The Labute approximate surface area is 89.2 Å². The molecular weight excluding hydrogens is 222 g/mol. The third-order valence-electron chi connectivity index (χ3n) is 1.86. The summed E-state index contributed by atoms with van der Waals surface area (Å²) in [6, 6.07) is 0. The van der Waals surface area contributed by atoms with E-state index < -0.39 is 29.1 Å². The molecule has 0 aromatic carbocycles. The first-order chi connectivity index (χ1) is 7.49. The van der Waals surface area contributed by atoms with Gasteiger partial charge in [-0.3, -0.25) is 4.79 Å². The van der Waals surface area contributed by atoms with Crippen molar-refractivity contribution in [2.24, 2.45) is 0 Å². The van der Waals surface area contributed by atoms with Crippen molar-refractivity contribution >= 4 is 11.7 Å². The number of esters is 1. The van der Waals surface area contributed by atoms with Gasteiger partial charge in [0.1, 0.15) is 5.69 Å². The van der Waals surface area contributed by atoms with Crippen molar-refractivity contribution in [2.75, 3.05) is 12.3 Å². The molecule has 16 heavy (non-hydrogen) atoms. The minimum Gasteiger partial charge on any atom is -0.461 e. The number of H-pyrrole nitrogens is 1. The van der Waals surface area contributed by atoms with E-state index in [0.717, 1.165) is 6.20 Å². The summed E-state index contributed by atoms with van der Waals surface area (Å²) in [6.07, 6.45) is -2.18. The average molecular weight is 232 g/mol. The van der Waals surface area contributed by atoms with Crippen LogP contribution in [0.1, 0.15) is 29.4 Å². The third kappa shape index (κ3) is 2.18. The Morgan fingerprint density at radius 1 is 1.62 bits per heavy atom. The van der Waals surface area contributed by atoms with Gasteiger partial charge in [0.25, 0.3) is 6.43 Å². The fourth-order valence-corrected chi connectivity index (χ4v) is 1.10. The average Bonchev–Trinajstić information content (AvgIpc) is 2.21. The molecule has 88 valence electrons. The summed E-state index contributed by atoms with van der Waals surface area (Å²) in [5, 5.41) is 0.